The third kappa shape index (κ3) is 3.56. The molecule has 0 unspecified atom stereocenters. The van der Waals surface area contributed by atoms with Gasteiger partial charge in [0.2, 0.25) is 0 Å². The van der Waals surface area contributed by atoms with Gasteiger partial charge in [-0.15, -0.1) is 0 Å². The van der Waals surface area contributed by atoms with Crippen molar-refractivity contribution in [3.8, 4) is 22.4 Å². The Kier molecular flexibility index (Phi) is 4.73. The first kappa shape index (κ1) is 20.0. The molecule has 0 atom stereocenters. The number of fused-ring (bicyclic) bond motifs is 1. The van der Waals surface area contributed by atoms with Crippen molar-refractivity contribution in [2.45, 2.75) is 38.9 Å². The van der Waals surface area contributed by atoms with E-state index in [1.807, 2.05) is 18.3 Å². The smallest absolute Gasteiger partial charge is 0.399 e. The maximum atomic E-state index is 6.21. The van der Waals surface area contributed by atoms with Gasteiger partial charge in [0.15, 0.2) is 0 Å². The molecule has 0 amide bonds. The normalized spacial score (nSPS) is 17.2. The average Bonchev–Trinajstić information content (AvgIpc) is 3.00. The van der Waals surface area contributed by atoms with Crippen molar-refractivity contribution >= 4 is 23.4 Å². The quantitative estimate of drug-likeness (QED) is 0.398. The van der Waals surface area contributed by atoms with Crippen LogP contribution in [0.25, 0.3) is 33.2 Å². The molecule has 0 spiro atoms. The van der Waals surface area contributed by atoms with Crippen LogP contribution in [0.1, 0.15) is 27.7 Å². The Morgan fingerprint density at radius 1 is 0.710 bits per heavy atom. The summed E-state index contributed by atoms with van der Waals surface area (Å²) >= 11 is 0. The number of pyridine rings is 1. The minimum Gasteiger partial charge on any atom is -0.399 e. The molecule has 154 valence electrons. The number of nitrogens with zero attached hydrogens (tertiary/aromatic N) is 1. The number of hydrogen-bond donors (Lipinski definition) is 0. The number of aromatic nitrogens is 1. The SMILES string of the molecule is CC1(C)OB(c2ccc(-c3cc(-c4ccccn4)cc4ccccc34)cc2)OC1(C)C. The molecule has 1 aliphatic rings. The molecule has 4 aromatic rings. The van der Waals surface area contributed by atoms with E-state index in [0.717, 1.165) is 22.3 Å². The molecular weight excluding hydrogens is 381 g/mol. The van der Waals surface area contributed by atoms with E-state index >= 15 is 0 Å². The Balaban J connectivity index is 1.55. The molecule has 1 aromatic heterocycles. The van der Waals surface area contributed by atoms with Crippen molar-refractivity contribution in [1.29, 1.82) is 0 Å². The summed E-state index contributed by atoms with van der Waals surface area (Å²) < 4.78 is 12.4. The van der Waals surface area contributed by atoms with Gasteiger partial charge in [0, 0.05) is 11.8 Å². The lowest BCUT2D eigenvalue weighted by Crippen LogP contribution is -2.41. The standard InChI is InChI=1S/C27H26BNO2/c1-26(2)27(3,4)31-28(30-26)22-14-12-19(13-15-22)24-18-21(25-11-7-8-16-29-25)17-20-9-5-6-10-23(20)24/h5-18H,1-4H3. The van der Waals surface area contributed by atoms with Gasteiger partial charge in [-0.25, -0.2) is 0 Å². The highest BCUT2D eigenvalue weighted by Gasteiger charge is 2.51. The van der Waals surface area contributed by atoms with Crippen molar-refractivity contribution in [3.63, 3.8) is 0 Å². The Labute approximate surface area is 184 Å². The summed E-state index contributed by atoms with van der Waals surface area (Å²) in [5.74, 6) is 0. The molecule has 5 rings (SSSR count). The monoisotopic (exact) mass is 407 g/mol. The average molecular weight is 407 g/mol. The molecule has 0 radical (unpaired) electrons. The van der Waals surface area contributed by atoms with Crippen molar-refractivity contribution in [2.24, 2.45) is 0 Å². The largest absolute Gasteiger partial charge is 0.494 e. The van der Waals surface area contributed by atoms with E-state index in [-0.39, 0.29) is 18.3 Å². The zero-order valence-electron chi connectivity index (χ0n) is 18.4. The van der Waals surface area contributed by atoms with E-state index in [9.17, 15) is 0 Å². The first-order chi connectivity index (χ1) is 14.8. The van der Waals surface area contributed by atoms with Gasteiger partial charge >= 0.3 is 7.12 Å². The third-order valence-corrected chi connectivity index (χ3v) is 6.57. The van der Waals surface area contributed by atoms with Crippen molar-refractivity contribution in [1.82, 2.24) is 4.98 Å². The summed E-state index contributed by atoms with van der Waals surface area (Å²) in [5, 5.41) is 2.43. The summed E-state index contributed by atoms with van der Waals surface area (Å²) in [5.41, 5.74) is 4.79. The highest BCUT2D eigenvalue weighted by atomic mass is 16.7. The highest BCUT2D eigenvalue weighted by Crippen LogP contribution is 2.37. The predicted octanol–water partition coefficient (Wildman–Crippen LogP) is 5.87. The molecule has 2 heterocycles. The van der Waals surface area contributed by atoms with Gasteiger partial charge in [-0.2, -0.15) is 0 Å². The maximum Gasteiger partial charge on any atom is 0.494 e. The van der Waals surface area contributed by atoms with E-state index in [4.69, 9.17) is 9.31 Å². The van der Waals surface area contributed by atoms with Crippen LogP contribution < -0.4 is 5.46 Å². The molecule has 1 aliphatic heterocycles. The number of benzene rings is 3. The minimum absolute atomic E-state index is 0.344. The first-order valence-corrected chi connectivity index (χ1v) is 10.7. The lowest BCUT2D eigenvalue weighted by atomic mass is 9.78. The third-order valence-electron chi connectivity index (χ3n) is 6.57. The summed E-state index contributed by atoms with van der Waals surface area (Å²) in [7, 11) is -0.351. The van der Waals surface area contributed by atoms with Crippen molar-refractivity contribution in [3.05, 3.63) is 85.1 Å². The zero-order chi connectivity index (χ0) is 21.6. The topological polar surface area (TPSA) is 31.4 Å². The van der Waals surface area contributed by atoms with Crippen LogP contribution >= 0.6 is 0 Å². The molecule has 0 aliphatic carbocycles. The van der Waals surface area contributed by atoms with Gasteiger partial charge in [-0.05, 0) is 79.3 Å². The van der Waals surface area contributed by atoms with Crippen LogP contribution in [0, 0.1) is 0 Å². The van der Waals surface area contributed by atoms with E-state index in [1.165, 1.54) is 16.3 Å². The predicted molar refractivity (Wildman–Crippen MR) is 128 cm³/mol. The summed E-state index contributed by atoms with van der Waals surface area (Å²) in [4.78, 5) is 4.55. The Morgan fingerprint density at radius 3 is 2.06 bits per heavy atom. The lowest BCUT2D eigenvalue weighted by Gasteiger charge is -2.32. The van der Waals surface area contributed by atoms with Crippen LogP contribution in [0.3, 0.4) is 0 Å². The summed E-state index contributed by atoms with van der Waals surface area (Å²) in [6.45, 7) is 8.32. The Hall–Kier alpha value is -2.95. The van der Waals surface area contributed by atoms with Gasteiger partial charge in [0.25, 0.3) is 0 Å². The van der Waals surface area contributed by atoms with Gasteiger partial charge in [-0.3, -0.25) is 4.98 Å². The van der Waals surface area contributed by atoms with E-state index < -0.39 is 0 Å². The molecule has 31 heavy (non-hydrogen) atoms. The summed E-state index contributed by atoms with van der Waals surface area (Å²) in [6.07, 6.45) is 1.84. The van der Waals surface area contributed by atoms with Gasteiger partial charge in [0.1, 0.15) is 0 Å². The summed E-state index contributed by atoms with van der Waals surface area (Å²) in [6, 6.07) is 27.5. The van der Waals surface area contributed by atoms with Gasteiger partial charge in [0.05, 0.1) is 16.9 Å². The molecule has 0 N–H and O–H groups in total. The number of rotatable bonds is 3. The second-order valence-electron chi connectivity index (χ2n) is 9.17. The van der Waals surface area contributed by atoms with E-state index in [2.05, 4.69) is 99.4 Å². The van der Waals surface area contributed by atoms with Crippen LogP contribution in [0.2, 0.25) is 0 Å². The van der Waals surface area contributed by atoms with Gasteiger partial charge < -0.3 is 9.31 Å². The Bertz CT molecular complexity index is 1220. The highest BCUT2D eigenvalue weighted by molar-refractivity contribution is 6.62. The van der Waals surface area contributed by atoms with Crippen molar-refractivity contribution < 1.29 is 9.31 Å². The van der Waals surface area contributed by atoms with Crippen LogP contribution in [-0.4, -0.2) is 23.3 Å². The van der Waals surface area contributed by atoms with E-state index in [0.29, 0.717) is 0 Å². The zero-order valence-corrected chi connectivity index (χ0v) is 18.4. The number of hydrogen-bond acceptors (Lipinski definition) is 3. The lowest BCUT2D eigenvalue weighted by molar-refractivity contribution is 0.00578. The molecule has 0 bridgehead atoms. The molecule has 3 aromatic carbocycles. The molecule has 4 heteroatoms. The minimum atomic E-state index is -0.351. The fourth-order valence-electron chi connectivity index (χ4n) is 4.03. The fraction of sp³-hybridized carbons (Fsp3) is 0.222. The molecule has 3 nitrogen and oxygen atoms in total. The molecule has 0 saturated carbocycles. The second kappa shape index (κ2) is 7.33. The van der Waals surface area contributed by atoms with E-state index in [1.54, 1.807) is 0 Å². The molecule has 1 fully saturated rings. The maximum absolute atomic E-state index is 6.21. The van der Waals surface area contributed by atoms with Crippen molar-refractivity contribution in [2.75, 3.05) is 0 Å². The van der Waals surface area contributed by atoms with Crippen LogP contribution in [0.4, 0.5) is 0 Å². The second-order valence-corrected chi connectivity index (χ2v) is 9.17. The first-order valence-electron chi connectivity index (χ1n) is 10.7. The fourth-order valence-corrected chi connectivity index (χ4v) is 4.03. The molecule has 1 saturated heterocycles. The van der Waals surface area contributed by atoms with Crippen LogP contribution in [0.5, 0.6) is 0 Å². The molecular formula is C27H26BNO2. The Morgan fingerprint density at radius 2 is 1.39 bits per heavy atom. The van der Waals surface area contributed by atoms with Crippen LogP contribution in [-0.2, 0) is 9.31 Å². The van der Waals surface area contributed by atoms with Crippen LogP contribution in [0.15, 0.2) is 85.1 Å². The van der Waals surface area contributed by atoms with Gasteiger partial charge in [-0.1, -0.05) is 54.6 Å².